The highest BCUT2D eigenvalue weighted by Crippen LogP contribution is 2.12. The molecule has 0 atom stereocenters. The number of nitrogens with one attached hydrogen (secondary N) is 2. The topological polar surface area (TPSA) is 79.8 Å². The SMILES string of the molecule is O=C(NCc1ccccc1)c1ccnc(Nc2ccncn2)c1. The third-order valence-corrected chi connectivity index (χ3v) is 3.16. The number of hydrogen-bond donors (Lipinski definition) is 2. The Morgan fingerprint density at radius 2 is 1.83 bits per heavy atom. The van der Waals surface area contributed by atoms with E-state index >= 15 is 0 Å². The number of amides is 1. The average Bonchev–Trinajstić information content (AvgIpc) is 2.62. The highest BCUT2D eigenvalue weighted by atomic mass is 16.1. The lowest BCUT2D eigenvalue weighted by Gasteiger charge is -2.08. The molecule has 1 aromatic carbocycles. The first-order chi connectivity index (χ1) is 11.3. The second-order valence-corrected chi connectivity index (χ2v) is 4.82. The van der Waals surface area contributed by atoms with Gasteiger partial charge in [0.1, 0.15) is 18.0 Å². The Morgan fingerprint density at radius 3 is 2.61 bits per heavy atom. The van der Waals surface area contributed by atoms with Crippen LogP contribution in [0.3, 0.4) is 0 Å². The second kappa shape index (κ2) is 7.13. The van der Waals surface area contributed by atoms with Gasteiger partial charge < -0.3 is 10.6 Å². The summed E-state index contributed by atoms with van der Waals surface area (Å²) in [5, 5.41) is 5.92. The molecule has 0 unspecified atom stereocenters. The normalized spacial score (nSPS) is 10.1. The number of hydrogen-bond acceptors (Lipinski definition) is 5. The fraction of sp³-hybridized carbons (Fsp3) is 0.0588. The van der Waals surface area contributed by atoms with Crippen LogP contribution in [-0.2, 0) is 6.54 Å². The predicted octanol–water partition coefficient (Wildman–Crippen LogP) is 2.55. The Kier molecular flexibility index (Phi) is 4.54. The lowest BCUT2D eigenvalue weighted by molar-refractivity contribution is 0.0951. The summed E-state index contributed by atoms with van der Waals surface area (Å²) in [7, 11) is 0. The standard InChI is InChI=1S/C17H15N5O/c23-17(20-11-13-4-2-1-3-5-13)14-6-9-19-16(10-14)22-15-7-8-18-12-21-15/h1-10,12H,11H2,(H,20,23)(H,18,19,21,22). The van der Waals surface area contributed by atoms with Gasteiger partial charge in [-0.1, -0.05) is 30.3 Å². The number of rotatable bonds is 5. The van der Waals surface area contributed by atoms with Crippen molar-refractivity contribution >= 4 is 17.5 Å². The molecule has 0 saturated carbocycles. The van der Waals surface area contributed by atoms with Crippen LogP contribution >= 0.6 is 0 Å². The fourth-order valence-electron chi connectivity index (χ4n) is 2.02. The summed E-state index contributed by atoms with van der Waals surface area (Å²) in [5.41, 5.74) is 1.58. The molecule has 3 aromatic rings. The molecular formula is C17H15N5O. The number of nitrogens with zero attached hydrogens (tertiary/aromatic N) is 3. The van der Waals surface area contributed by atoms with Crippen LogP contribution in [0, 0.1) is 0 Å². The van der Waals surface area contributed by atoms with Crippen LogP contribution in [0.25, 0.3) is 0 Å². The van der Waals surface area contributed by atoms with E-state index in [1.54, 1.807) is 30.6 Å². The second-order valence-electron chi connectivity index (χ2n) is 4.82. The first-order valence-electron chi connectivity index (χ1n) is 7.12. The highest BCUT2D eigenvalue weighted by Gasteiger charge is 2.07. The average molecular weight is 305 g/mol. The van der Waals surface area contributed by atoms with Crippen LogP contribution in [0.15, 0.2) is 67.3 Å². The molecule has 0 radical (unpaired) electrons. The van der Waals surface area contributed by atoms with Crippen molar-refractivity contribution in [2.75, 3.05) is 5.32 Å². The summed E-state index contributed by atoms with van der Waals surface area (Å²) in [4.78, 5) is 24.3. The molecule has 0 aliphatic rings. The molecule has 0 aliphatic carbocycles. The molecule has 0 saturated heterocycles. The summed E-state index contributed by atoms with van der Waals surface area (Å²) in [5.74, 6) is 1.02. The third-order valence-electron chi connectivity index (χ3n) is 3.16. The number of benzene rings is 1. The first kappa shape index (κ1) is 14.6. The van der Waals surface area contributed by atoms with E-state index < -0.39 is 0 Å². The molecule has 0 bridgehead atoms. The Balaban J connectivity index is 1.65. The third kappa shape index (κ3) is 4.10. The van der Waals surface area contributed by atoms with Crippen molar-refractivity contribution < 1.29 is 4.79 Å². The van der Waals surface area contributed by atoms with Crippen molar-refractivity contribution in [3.8, 4) is 0 Å². The molecule has 0 aliphatic heterocycles. The van der Waals surface area contributed by atoms with Gasteiger partial charge in [-0.2, -0.15) is 0 Å². The van der Waals surface area contributed by atoms with Gasteiger partial charge in [-0.15, -0.1) is 0 Å². The number of carbonyl (C=O) groups excluding carboxylic acids is 1. The summed E-state index contributed by atoms with van der Waals surface area (Å²) in [6.45, 7) is 0.483. The lowest BCUT2D eigenvalue weighted by Crippen LogP contribution is -2.22. The number of anilines is 2. The number of pyridine rings is 1. The minimum Gasteiger partial charge on any atom is -0.348 e. The minimum atomic E-state index is -0.151. The molecule has 23 heavy (non-hydrogen) atoms. The van der Waals surface area contributed by atoms with Gasteiger partial charge in [0.05, 0.1) is 0 Å². The monoisotopic (exact) mass is 305 g/mol. The van der Waals surface area contributed by atoms with E-state index in [0.29, 0.717) is 23.7 Å². The molecular weight excluding hydrogens is 290 g/mol. The van der Waals surface area contributed by atoms with Gasteiger partial charge in [0, 0.05) is 24.5 Å². The zero-order valence-corrected chi connectivity index (χ0v) is 12.3. The Hall–Kier alpha value is -3.28. The fourth-order valence-corrected chi connectivity index (χ4v) is 2.02. The van der Waals surface area contributed by atoms with E-state index in [2.05, 4.69) is 25.6 Å². The quantitative estimate of drug-likeness (QED) is 0.757. The molecule has 114 valence electrons. The summed E-state index contributed by atoms with van der Waals surface area (Å²) in [6.07, 6.45) is 4.66. The maximum absolute atomic E-state index is 12.2. The Morgan fingerprint density at radius 1 is 0.957 bits per heavy atom. The molecule has 0 spiro atoms. The lowest BCUT2D eigenvalue weighted by atomic mass is 10.2. The minimum absolute atomic E-state index is 0.151. The molecule has 3 rings (SSSR count). The van der Waals surface area contributed by atoms with E-state index in [1.165, 1.54) is 6.33 Å². The molecule has 0 fully saturated rings. The van der Waals surface area contributed by atoms with Crippen LogP contribution < -0.4 is 10.6 Å². The van der Waals surface area contributed by atoms with E-state index in [9.17, 15) is 4.79 Å². The van der Waals surface area contributed by atoms with Gasteiger partial charge in [-0.25, -0.2) is 15.0 Å². The van der Waals surface area contributed by atoms with Gasteiger partial charge in [0.25, 0.3) is 5.91 Å². The van der Waals surface area contributed by atoms with Gasteiger partial charge >= 0.3 is 0 Å². The van der Waals surface area contributed by atoms with E-state index in [4.69, 9.17) is 0 Å². The maximum Gasteiger partial charge on any atom is 0.251 e. The van der Waals surface area contributed by atoms with Crippen molar-refractivity contribution in [3.05, 3.63) is 78.4 Å². The van der Waals surface area contributed by atoms with Gasteiger partial charge in [-0.3, -0.25) is 4.79 Å². The molecule has 6 nitrogen and oxygen atoms in total. The molecule has 2 aromatic heterocycles. The van der Waals surface area contributed by atoms with E-state index in [1.807, 2.05) is 30.3 Å². The summed E-state index contributed by atoms with van der Waals surface area (Å²) >= 11 is 0. The largest absolute Gasteiger partial charge is 0.348 e. The number of aromatic nitrogens is 3. The van der Waals surface area contributed by atoms with Gasteiger partial charge in [-0.05, 0) is 23.8 Å². The van der Waals surface area contributed by atoms with Crippen molar-refractivity contribution in [3.63, 3.8) is 0 Å². The first-order valence-corrected chi connectivity index (χ1v) is 7.12. The Labute approximate surface area is 133 Å². The zero-order valence-electron chi connectivity index (χ0n) is 12.3. The summed E-state index contributed by atoms with van der Waals surface area (Å²) < 4.78 is 0. The smallest absolute Gasteiger partial charge is 0.251 e. The molecule has 6 heteroatoms. The van der Waals surface area contributed by atoms with Crippen LogP contribution in [0.2, 0.25) is 0 Å². The predicted molar refractivity (Wildman–Crippen MR) is 87.2 cm³/mol. The maximum atomic E-state index is 12.2. The van der Waals surface area contributed by atoms with Crippen LogP contribution in [0.5, 0.6) is 0 Å². The van der Waals surface area contributed by atoms with Crippen molar-refractivity contribution in [2.24, 2.45) is 0 Å². The molecule has 2 heterocycles. The number of carbonyl (C=O) groups is 1. The van der Waals surface area contributed by atoms with Crippen molar-refractivity contribution in [2.45, 2.75) is 6.54 Å². The summed E-state index contributed by atoms with van der Waals surface area (Å²) in [6, 6.07) is 14.8. The Bertz CT molecular complexity index is 777. The highest BCUT2D eigenvalue weighted by molar-refractivity contribution is 5.94. The molecule has 1 amide bonds. The molecule has 2 N–H and O–H groups in total. The van der Waals surface area contributed by atoms with Crippen LogP contribution in [0.1, 0.15) is 15.9 Å². The van der Waals surface area contributed by atoms with Gasteiger partial charge in [0.15, 0.2) is 0 Å². The van der Waals surface area contributed by atoms with Crippen molar-refractivity contribution in [1.82, 2.24) is 20.3 Å². The van der Waals surface area contributed by atoms with Crippen LogP contribution in [-0.4, -0.2) is 20.9 Å². The van der Waals surface area contributed by atoms with Crippen LogP contribution in [0.4, 0.5) is 11.6 Å². The van der Waals surface area contributed by atoms with Gasteiger partial charge in [0.2, 0.25) is 0 Å². The van der Waals surface area contributed by atoms with Crippen molar-refractivity contribution in [1.29, 1.82) is 0 Å². The van der Waals surface area contributed by atoms with E-state index in [0.717, 1.165) is 5.56 Å². The van der Waals surface area contributed by atoms with E-state index in [-0.39, 0.29) is 5.91 Å². The zero-order chi connectivity index (χ0) is 15.9.